The van der Waals surface area contributed by atoms with Gasteiger partial charge in [0, 0.05) is 13.5 Å². The lowest BCUT2D eigenvalue weighted by Crippen LogP contribution is -2.17. The van der Waals surface area contributed by atoms with Crippen LogP contribution in [0.5, 0.6) is 0 Å². The summed E-state index contributed by atoms with van der Waals surface area (Å²) < 4.78 is 0. The zero-order valence-electron chi connectivity index (χ0n) is 7.79. The highest BCUT2D eigenvalue weighted by atomic mass is 16.6. The maximum atomic E-state index is 8.50. The lowest BCUT2D eigenvalue weighted by molar-refractivity contribution is 0.221. The lowest BCUT2D eigenvalue weighted by atomic mass is 10.4. The second kappa shape index (κ2) is 6.67. The maximum Gasteiger partial charge on any atom is 0.141 e. The lowest BCUT2D eigenvalue weighted by Gasteiger charge is -2.02. The normalized spacial score (nSPS) is 13.0. The van der Waals surface area contributed by atoms with E-state index < -0.39 is 0 Å². The van der Waals surface area contributed by atoms with E-state index in [-0.39, 0.29) is 6.61 Å². The first-order valence-corrected chi connectivity index (χ1v) is 3.93. The van der Waals surface area contributed by atoms with Gasteiger partial charge in [0.2, 0.25) is 0 Å². The number of nitrogens with one attached hydrogen (secondary N) is 1. The minimum absolute atomic E-state index is 0.0254. The van der Waals surface area contributed by atoms with Gasteiger partial charge in [0.15, 0.2) is 0 Å². The van der Waals surface area contributed by atoms with Gasteiger partial charge in [-0.1, -0.05) is 12.1 Å². The Bertz CT molecular complexity index is 170. The van der Waals surface area contributed by atoms with Crippen molar-refractivity contribution in [1.82, 2.24) is 5.32 Å². The average molecular weight is 172 g/mol. The smallest absolute Gasteiger partial charge is 0.141 e. The van der Waals surface area contributed by atoms with Crippen LogP contribution < -0.4 is 5.32 Å². The quantitative estimate of drug-likeness (QED) is 0.286. The van der Waals surface area contributed by atoms with E-state index in [2.05, 4.69) is 10.5 Å². The second-order valence-electron chi connectivity index (χ2n) is 2.23. The number of rotatable bonds is 4. The van der Waals surface area contributed by atoms with Gasteiger partial charge in [-0.3, -0.25) is 0 Å². The van der Waals surface area contributed by atoms with Crippen LogP contribution in [0.25, 0.3) is 0 Å². The Morgan fingerprint density at radius 2 is 2.33 bits per heavy atom. The zero-order chi connectivity index (χ0) is 9.40. The molecule has 0 bridgehead atoms. The molecular weight excluding hydrogens is 156 g/mol. The second-order valence-corrected chi connectivity index (χ2v) is 2.23. The Hall–Kier alpha value is -1.03. The summed E-state index contributed by atoms with van der Waals surface area (Å²) in [7, 11) is 1.79. The summed E-state index contributed by atoms with van der Waals surface area (Å²) in [6, 6.07) is 0. The summed E-state index contributed by atoms with van der Waals surface area (Å²) in [6.07, 6.45) is 2.34. The third-order valence-electron chi connectivity index (χ3n) is 1.30. The number of amidine groups is 1. The van der Waals surface area contributed by atoms with Crippen LogP contribution in [0, 0.1) is 0 Å². The Kier molecular flexibility index (Phi) is 6.09. The van der Waals surface area contributed by atoms with E-state index in [0.29, 0.717) is 5.76 Å². The highest BCUT2D eigenvalue weighted by molar-refractivity contribution is 5.80. The summed E-state index contributed by atoms with van der Waals surface area (Å²) in [5.41, 5.74) is 0. The molecule has 0 aromatic heterocycles. The number of hydrogen-bond donors (Lipinski definition) is 2. The molecule has 0 heterocycles. The number of aliphatic hydroxyl groups excluding tert-OH is 1. The van der Waals surface area contributed by atoms with E-state index in [1.807, 2.05) is 6.92 Å². The highest BCUT2D eigenvalue weighted by Gasteiger charge is 1.91. The molecule has 0 aromatic rings. The summed E-state index contributed by atoms with van der Waals surface area (Å²) in [6.45, 7) is 3.69. The van der Waals surface area contributed by atoms with Crippen LogP contribution >= 0.6 is 0 Å². The van der Waals surface area contributed by atoms with E-state index in [0.717, 1.165) is 12.3 Å². The summed E-state index contributed by atoms with van der Waals surface area (Å²) >= 11 is 0. The number of nitrogens with zero attached hydrogens (tertiary/aromatic N) is 1. The molecule has 0 saturated heterocycles. The number of oxime groups is 1. The van der Waals surface area contributed by atoms with Gasteiger partial charge >= 0.3 is 0 Å². The first-order valence-electron chi connectivity index (χ1n) is 3.93. The van der Waals surface area contributed by atoms with Crippen LogP contribution in [0.1, 0.15) is 20.3 Å². The molecule has 0 aliphatic heterocycles. The SMILES string of the molecule is CC/C(=N/O/C(C)=C/CO)NC. The van der Waals surface area contributed by atoms with E-state index in [4.69, 9.17) is 9.94 Å². The third kappa shape index (κ3) is 4.73. The van der Waals surface area contributed by atoms with Gasteiger partial charge in [0.1, 0.15) is 11.6 Å². The van der Waals surface area contributed by atoms with Crippen molar-refractivity contribution in [3.05, 3.63) is 11.8 Å². The molecule has 4 nitrogen and oxygen atoms in total. The van der Waals surface area contributed by atoms with Crippen molar-refractivity contribution in [3.63, 3.8) is 0 Å². The molecule has 0 fully saturated rings. The van der Waals surface area contributed by atoms with Gasteiger partial charge in [-0.05, 0) is 13.0 Å². The van der Waals surface area contributed by atoms with Crippen molar-refractivity contribution in [1.29, 1.82) is 0 Å². The van der Waals surface area contributed by atoms with Gasteiger partial charge in [0.05, 0.1) is 6.61 Å². The minimum Gasteiger partial charge on any atom is -0.392 e. The van der Waals surface area contributed by atoms with Gasteiger partial charge in [-0.15, -0.1) is 0 Å². The number of allylic oxidation sites excluding steroid dienone is 1. The molecule has 0 radical (unpaired) electrons. The average Bonchev–Trinajstić information content (AvgIpc) is 2.07. The Labute approximate surface area is 72.9 Å². The molecule has 12 heavy (non-hydrogen) atoms. The zero-order valence-corrected chi connectivity index (χ0v) is 7.79. The third-order valence-corrected chi connectivity index (χ3v) is 1.30. The minimum atomic E-state index is -0.0254. The summed E-state index contributed by atoms with van der Waals surface area (Å²) in [4.78, 5) is 4.95. The topological polar surface area (TPSA) is 53.9 Å². The first kappa shape index (κ1) is 11.0. The Morgan fingerprint density at radius 3 is 2.75 bits per heavy atom. The van der Waals surface area contributed by atoms with Gasteiger partial charge in [-0.2, -0.15) is 0 Å². The number of hydrogen-bond acceptors (Lipinski definition) is 3. The standard InChI is InChI=1S/C8H16N2O2/c1-4-8(9-3)10-12-7(2)5-6-11/h5,11H,4,6H2,1-3H3,(H,9,10)/b7-5+. The van der Waals surface area contributed by atoms with Gasteiger partial charge in [0.25, 0.3) is 0 Å². The largest absolute Gasteiger partial charge is 0.392 e. The molecule has 70 valence electrons. The maximum absolute atomic E-state index is 8.50. The van der Waals surface area contributed by atoms with Crippen molar-refractivity contribution in [2.45, 2.75) is 20.3 Å². The summed E-state index contributed by atoms with van der Waals surface area (Å²) in [5, 5.41) is 15.2. The molecule has 0 aliphatic carbocycles. The van der Waals surface area contributed by atoms with Crippen LogP contribution in [-0.4, -0.2) is 24.6 Å². The van der Waals surface area contributed by atoms with Crippen molar-refractivity contribution in [2.75, 3.05) is 13.7 Å². The monoisotopic (exact) mass is 172 g/mol. The summed E-state index contributed by atoms with van der Waals surface area (Å²) in [5.74, 6) is 1.37. The number of aliphatic hydroxyl groups is 1. The highest BCUT2D eigenvalue weighted by Crippen LogP contribution is 1.95. The molecular formula is C8H16N2O2. The molecule has 2 N–H and O–H groups in total. The fourth-order valence-corrected chi connectivity index (χ4v) is 0.580. The van der Waals surface area contributed by atoms with Gasteiger partial charge < -0.3 is 15.3 Å². The van der Waals surface area contributed by atoms with Crippen molar-refractivity contribution in [2.24, 2.45) is 5.16 Å². The van der Waals surface area contributed by atoms with Crippen LogP contribution in [-0.2, 0) is 4.84 Å². The Balaban J connectivity index is 3.92. The molecule has 0 atom stereocenters. The molecule has 0 aromatic carbocycles. The van der Waals surface area contributed by atoms with E-state index in [9.17, 15) is 0 Å². The van der Waals surface area contributed by atoms with Crippen molar-refractivity contribution in [3.8, 4) is 0 Å². The van der Waals surface area contributed by atoms with E-state index in [1.54, 1.807) is 20.0 Å². The molecule has 0 amide bonds. The molecule has 0 spiro atoms. The van der Waals surface area contributed by atoms with Gasteiger partial charge in [-0.25, -0.2) is 0 Å². The van der Waals surface area contributed by atoms with E-state index >= 15 is 0 Å². The van der Waals surface area contributed by atoms with Crippen LogP contribution in [0.2, 0.25) is 0 Å². The van der Waals surface area contributed by atoms with Crippen LogP contribution in [0.4, 0.5) is 0 Å². The van der Waals surface area contributed by atoms with Crippen molar-refractivity contribution >= 4 is 5.84 Å². The predicted octanol–water partition coefficient (Wildman–Crippen LogP) is 0.842. The fraction of sp³-hybridized carbons (Fsp3) is 0.625. The van der Waals surface area contributed by atoms with E-state index in [1.165, 1.54) is 0 Å². The molecule has 0 rings (SSSR count). The van der Waals surface area contributed by atoms with Crippen LogP contribution in [0.3, 0.4) is 0 Å². The van der Waals surface area contributed by atoms with Crippen molar-refractivity contribution < 1.29 is 9.94 Å². The molecule has 0 unspecified atom stereocenters. The Morgan fingerprint density at radius 1 is 1.67 bits per heavy atom. The van der Waals surface area contributed by atoms with Crippen LogP contribution in [0.15, 0.2) is 17.0 Å². The molecule has 0 aliphatic rings. The predicted molar refractivity (Wildman–Crippen MR) is 48.7 cm³/mol. The first-order chi connectivity index (χ1) is 5.74. The molecule has 4 heteroatoms. The fourth-order valence-electron chi connectivity index (χ4n) is 0.580. The molecule has 0 saturated carbocycles.